The second kappa shape index (κ2) is 6.87. The zero-order chi connectivity index (χ0) is 13.7. The smallest absolute Gasteiger partial charge is 0.0597 e. The van der Waals surface area contributed by atoms with Gasteiger partial charge in [0.1, 0.15) is 0 Å². The molecule has 0 radical (unpaired) electrons. The summed E-state index contributed by atoms with van der Waals surface area (Å²) in [6, 6.07) is 6.94. The number of thiophene rings is 1. The van der Waals surface area contributed by atoms with Crippen LogP contribution in [0.15, 0.2) is 23.6 Å². The first kappa shape index (κ1) is 14.3. The average molecular weight is 277 g/mol. The second-order valence-corrected chi connectivity index (χ2v) is 5.99. The van der Waals surface area contributed by atoms with Crippen molar-refractivity contribution in [3.05, 3.63) is 39.8 Å². The van der Waals surface area contributed by atoms with E-state index in [1.165, 1.54) is 10.6 Å². The molecule has 2 aromatic heterocycles. The molecule has 1 unspecified atom stereocenters. The highest BCUT2D eigenvalue weighted by atomic mass is 32.1. The minimum Gasteiger partial charge on any atom is -0.309 e. The van der Waals surface area contributed by atoms with Crippen molar-refractivity contribution in [3.8, 4) is 0 Å². The summed E-state index contributed by atoms with van der Waals surface area (Å²) in [6.07, 6.45) is 3.41. The molecule has 0 fully saturated rings. The maximum atomic E-state index is 4.46. The summed E-state index contributed by atoms with van der Waals surface area (Å²) in [5.41, 5.74) is 2.39. The van der Waals surface area contributed by atoms with E-state index >= 15 is 0 Å². The molecule has 2 rings (SSSR count). The summed E-state index contributed by atoms with van der Waals surface area (Å²) < 4.78 is 2.01. The van der Waals surface area contributed by atoms with E-state index < -0.39 is 0 Å². The molecule has 0 spiro atoms. The lowest BCUT2D eigenvalue weighted by Crippen LogP contribution is -2.24. The van der Waals surface area contributed by atoms with Crippen LogP contribution in [0.1, 0.15) is 42.1 Å². The van der Waals surface area contributed by atoms with Crippen LogP contribution in [0.3, 0.4) is 0 Å². The molecule has 0 aromatic carbocycles. The lowest BCUT2D eigenvalue weighted by atomic mass is 10.1. The highest BCUT2D eigenvalue weighted by Gasteiger charge is 2.15. The lowest BCUT2D eigenvalue weighted by molar-refractivity contribution is 0.469. The molecule has 2 heterocycles. The van der Waals surface area contributed by atoms with E-state index in [0.717, 1.165) is 31.5 Å². The zero-order valence-corrected chi connectivity index (χ0v) is 12.8. The van der Waals surface area contributed by atoms with Gasteiger partial charge in [-0.1, -0.05) is 13.0 Å². The molecule has 1 N–H and O–H groups in total. The Hall–Kier alpha value is -1.13. The van der Waals surface area contributed by atoms with Crippen LogP contribution in [0.4, 0.5) is 0 Å². The Bertz CT molecular complexity index is 487. The van der Waals surface area contributed by atoms with E-state index in [4.69, 9.17) is 0 Å². The molecular weight excluding hydrogens is 254 g/mol. The Balaban J connectivity index is 2.04. The Kier molecular flexibility index (Phi) is 5.16. The van der Waals surface area contributed by atoms with Crippen molar-refractivity contribution in [3.63, 3.8) is 0 Å². The normalized spacial score (nSPS) is 12.8. The summed E-state index contributed by atoms with van der Waals surface area (Å²) in [6.45, 7) is 5.32. The number of nitrogens with zero attached hydrogens (tertiary/aromatic N) is 2. The van der Waals surface area contributed by atoms with Gasteiger partial charge in [0.2, 0.25) is 0 Å². The van der Waals surface area contributed by atoms with Crippen LogP contribution in [0.2, 0.25) is 0 Å². The van der Waals surface area contributed by atoms with E-state index in [0.29, 0.717) is 6.04 Å². The Labute approximate surface area is 119 Å². The van der Waals surface area contributed by atoms with E-state index in [9.17, 15) is 0 Å². The Morgan fingerprint density at radius 2 is 2.32 bits per heavy atom. The van der Waals surface area contributed by atoms with Crippen LogP contribution in [0.25, 0.3) is 0 Å². The molecule has 19 heavy (non-hydrogen) atoms. The number of aromatic nitrogens is 2. The summed E-state index contributed by atoms with van der Waals surface area (Å²) in [4.78, 5) is 1.46. The Morgan fingerprint density at radius 3 is 2.89 bits per heavy atom. The van der Waals surface area contributed by atoms with Crippen LogP contribution < -0.4 is 5.32 Å². The van der Waals surface area contributed by atoms with Crippen molar-refractivity contribution >= 4 is 11.3 Å². The summed E-state index contributed by atoms with van der Waals surface area (Å²) in [5, 5.41) is 10.3. The van der Waals surface area contributed by atoms with Crippen molar-refractivity contribution < 1.29 is 0 Å². The fourth-order valence-corrected chi connectivity index (χ4v) is 3.10. The maximum Gasteiger partial charge on any atom is 0.0597 e. The fourth-order valence-electron chi connectivity index (χ4n) is 2.37. The number of hydrogen-bond acceptors (Lipinski definition) is 3. The monoisotopic (exact) mass is 277 g/mol. The van der Waals surface area contributed by atoms with Crippen LogP contribution in [-0.4, -0.2) is 16.3 Å². The van der Waals surface area contributed by atoms with Gasteiger partial charge >= 0.3 is 0 Å². The van der Waals surface area contributed by atoms with Gasteiger partial charge in [0.15, 0.2) is 0 Å². The molecule has 1 atom stereocenters. The van der Waals surface area contributed by atoms with Crippen LogP contribution >= 0.6 is 11.3 Å². The second-order valence-electron chi connectivity index (χ2n) is 4.96. The van der Waals surface area contributed by atoms with Crippen molar-refractivity contribution in [1.82, 2.24) is 15.1 Å². The van der Waals surface area contributed by atoms with E-state index in [2.05, 4.69) is 47.8 Å². The maximum absolute atomic E-state index is 4.46. The largest absolute Gasteiger partial charge is 0.309 e. The molecule has 0 saturated carbocycles. The van der Waals surface area contributed by atoms with Gasteiger partial charge in [-0.3, -0.25) is 4.68 Å². The minimum atomic E-state index is 0.397. The van der Waals surface area contributed by atoms with E-state index in [-0.39, 0.29) is 0 Å². The predicted molar refractivity (Wildman–Crippen MR) is 81.6 cm³/mol. The van der Waals surface area contributed by atoms with Gasteiger partial charge in [-0.05, 0) is 50.2 Å². The lowest BCUT2D eigenvalue weighted by Gasteiger charge is -2.18. The molecule has 0 aliphatic carbocycles. The molecule has 0 aliphatic heterocycles. The van der Waals surface area contributed by atoms with Gasteiger partial charge in [-0.15, -0.1) is 11.3 Å². The minimum absolute atomic E-state index is 0.397. The number of hydrogen-bond donors (Lipinski definition) is 1. The van der Waals surface area contributed by atoms with E-state index in [1.807, 2.05) is 23.1 Å². The molecule has 3 nitrogen and oxygen atoms in total. The highest BCUT2D eigenvalue weighted by molar-refractivity contribution is 7.09. The van der Waals surface area contributed by atoms with Crippen LogP contribution in [0.5, 0.6) is 0 Å². The standard InChI is InChI=1S/C15H23N3S/c1-4-9-16-14(8-7-13-6-5-10-19-13)15-11-12(2)17-18(15)3/h5-6,10-11,14,16H,4,7-9H2,1-3H3. The van der Waals surface area contributed by atoms with Crippen molar-refractivity contribution in [1.29, 1.82) is 0 Å². The van der Waals surface area contributed by atoms with Gasteiger partial charge in [0, 0.05) is 18.0 Å². The van der Waals surface area contributed by atoms with Crippen molar-refractivity contribution in [2.24, 2.45) is 7.05 Å². The fraction of sp³-hybridized carbons (Fsp3) is 0.533. The molecule has 104 valence electrons. The molecule has 2 aromatic rings. The number of rotatable bonds is 7. The molecule has 0 bridgehead atoms. The van der Waals surface area contributed by atoms with Gasteiger partial charge in [-0.2, -0.15) is 5.10 Å². The van der Waals surface area contributed by atoms with E-state index in [1.54, 1.807) is 0 Å². The third kappa shape index (κ3) is 3.91. The Morgan fingerprint density at radius 1 is 1.47 bits per heavy atom. The first-order valence-corrected chi connectivity index (χ1v) is 7.85. The SMILES string of the molecule is CCCNC(CCc1cccs1)c1cc(C)nn1C. The first-order chi connectivity index (χ1) is 9.20. The van der Waals surface area contributed by atoms with Gasteiger partial charge < -0.3 is 5.32 Å². The molecular formula is C15H23N3S. The van der Waals surface area contributed by atoms with Crippen LogP contribution in [-0.2, 0) is 13.5 Å². The quantitative estimate of drug-likeness (QED) is 0.840. The number of aryl methyl sites for hydroxylation is 3. The average Bonchev–Trinajstić information content (AvgIpc) is 3.00. The molecule has 4 heteroatoms. The summed E-state index contributed by atoms with van der Waals surface area (Å²) in [7, 11) is 2.04. The third-order valence-corrected chi connectivity index (χ3v) is 4.23. The van der Waals surface area contributed by atoms with Gasteiger partial charge in [0.05, 0.1) is 11.4 Å². The molecule has 0 aliphatic rings. The van der Waals surface area contributed by atoms with Gasteiger partial charge in [0.25, 0.3) is 0 Å². The zero-order valence-electron chi connectivity index (χ0n) is 12.0. The summed E-state index contributed by atoms with van der Waals surface area (Å²) >= 11 is 1.84. The third-order valence-electron chi connectivity index (χ3n) is 3.30. The predicted octanol–water partition coefficient (Wildman–Crippen LogP) is 3.46. The first-order valence-electron chi connectivity index (χ1n) is 6.97. The molecule has 0 amide bonds. The van der Waals surface area contributed by atoms with Crippen molar-refractivity contribution in [2.75, 3.05) is 6.54 Å². The van der Waals surface area contributed by atoms with Crippen molar-refractivity contribution in [2.45, 2.75) is 39.2 Å². The summed E-state index contributed by atoms with van der Waals surface area (Å²) in [5.74, 6) is 0. The highest BCUT2D eigenvalue weighted by Crippen LogP contribution is 2.21. The molecule has 0 saturated heterocycles. The topological polar surface area (TPSA) is 29.9 Å². The number of nitrogens with one attached hydrogen (secondary N) is 1. The van der Waals surface area contributed by atoms with Gasteiger partial charge in [-0.25, -0.2) is 0 Å². The van der Waals surface area contributed by atoms with Crippen LogP contribution in [0, 0.1) is 6.92 Å².